The van der Waals surface area contributed by atoms with Crippen molar-refractivity contribution in [1.82, 2.24) is 15.0 Å². The molecule has 4 aromatic rings. The predicted molar refractivity (Wildman–Crippen MR) is 140 cm³/mol. The molecule has 2 heterocycles. The first-order valence-electron chi connectivity index (χ1n) is 11.0. The van der Waals surface area contributed by atoms with Crippen LogP contribution in [0.15, 0.2) is 63.6 Å². The van der Waals surface area contributed by atoms with Gasteiger partial charge in [-0.05, 0) is 55.5 Å². The van der Waals surface area contributed by atoms with Gasteiger partial charge in [0.15, 0.2) is 5.16 Å². The largest absolute Gasteiger partial charge is 0.272 e. The average molecular weight is 527 g/mol. The molecule has 0 unspecified atom stereocenters. The van der Waals surface area contributed by atoms with Crippen molar-refractivity contribution in [3.05, 3.63) is 85.7 Å². The van der Waals surface area contributed by atoms with Gasteiger partial charge in [0.05, 0.1) is 28.1 Å². The van der Waals surface area contributed by atoms with Gasteiger partial charge in [-0.2, -0.15) is 5.10 Å². The number of fused-ring (bicyclic) bond motifs is 3. The highest BCUT2D eigenvalue weighted by atomic mass is 35.5. The number of nitrogens with one attached hydrogen (secondary N) is 1. The third kappa shape index (κ3) is 4.89. The molecule has 5 rings (SSSR count). The number of carbonyl (C=O) groups is 1. The molecular formula is C25H20ClFN4O2S2. The van der Waals surface area contributed by atoms with Crippen molar-refractivity contribution in [2.45, 2.75) is 30.8 Å². The lowest BCUT2D eigenvalue weighted by molar-refractivity contribution is -0.118. The van der Waals surface area contributed by atoms with Gasteiger partial charge in [-0.1, -0.05) is 47.6 Å². The number of para-hydroxylation sites is 1. The Balaban J connectivity index is 1.42. The molecule has 1 amide bonds. The maximum atomic E-state index is 13.9. The van der Waals surface area contributed by atoms with Gasteiger partial charge in [0, 0.05) is 10.4 Å². The molecule has 0 bridgehead atoms. The second-order valence-corrected chi connectivity index (χ2v) is 10.4. The number of aromatic nitrogens is 2. The quantitative estimate of drug-likeness (QED) is 0.159. The molecule has 6 nitrogen and oxygen atoms in total. The van der Waals surface area contributed by atoms with Crippen LogP contribution in [0.2, 0.25) is 5.02 Å². The molecule has 2 aromatic carbocycles. The van der Waals surface area contributed by atoms with E-state index in [1.54, 1.807) is 15.9 Å². The van der Waals surface area contributed by atoms with Crippen LogP contribution in [-0.4, -0.2) is 27.4 Å². The molecule has 1 aliphatic rings. The van der Waals surface area contributed by atoms with Crippen molar-refractivity contribution < 1.29 is 9.18 Å². The van der Waals surface area contributed by atoms with Gasteiger partial charge in [0.2, 0.25) is 0 Å². The smallest absolute Gasteiger partial charge is 0.267 e. The number of halogens is 2. The summed E-state index contributed by atoms with van der Waals surface area (Å²) in [6.45, 7) is 0. The van der Waals surface area contributed by atoms with Crippen molar-refractivity contribution in [3.63, 3.8) is 0 Å². The molecule has 10 heteroatoms. The molecule has 1 aliphatic carbocycles. The molecule has 0 radical (unpaired) electrons. The number of benzene rings is 2. The number of carbonyl (C=O) groups excluding carboxylic acids is 1. The van der Waals surface area contributed by atoms with Crippen molar-refractivity contribution >= 4 is 57.0 Å². The number of amides is 1. The third-order valence-corrected chi connectivity index (χ3v) is 8.14. The second-order valence-electron chi connectivity index (χ2n) is 7.98. The van der Waals surface area contributed by atoms with Crippen LogP contribution in [0.25, 0.3) is 15.9 Å². The van der Waals surface area contributed by atoms with Crippen molar-refractivity contribution in [2.75, 3.05) is 5.75 Å². The van der Waals surface area contributed by atoms with Gasteiger partial charge in [0.25, 0.3) is 11.5 Å². The summed E-state index contributed by atoms with van der Waals surface area (Å²) >= 11 is 8.69. The zero-order chi connectivity index (χ0) is 24.4. The molecule has 0 fully saturated rings. The molecule has 2 aromatic heterocycles. The topological polar surface area (TPSA) is 76.3 Å². The monoisotopic (exact) mass is 526 g/mol. The number of hydrogen-bond acceptors (Lipinski definition) is 6. The van der Waals surface area contributed by atoms with Crippen molar-refractivity contribution in [1.29, 1.82) is 0 Å². The fraction of sp³-hybridized carbons (Fsp3) is 0.200. The predicted octanol–water partition coefficient (Wildman–Crippen LogP) is 5.36. The number of aryl methyl sites for hydroxylation is 2. The minimum Gasteiger partial charge on any atom is -0.272 e. The van der Waals surface area contributed by atoms with E-state index in [1.165, 1.54) is 29.3 Å². The summed E-state index contributed by atoms with van der Waals surface area (Å²) in [5.74, 6) is -0.982. The van der Waals surface area contributed by atoms with E-state index in [-0.39, 0.29) is 21.9 Å². The third-order valence-electron chi connectivity index (χ3n) is 5.69. The summed E-state index contributed by atoms with van der Waals surface area (Å²) in [4.78, 5) is 32.9. The van der Waals surface area contributed by atoms with Crippen LogP contribution in [0.5, 0.6) is 0 Å². The summed E-state index contributed by atoms with van der Waals surface area (Å²) < 4.78 is 15.4. The van der Waals surface area contributed by atoms with E-state index < -0.39 is 11.7 Å². The van der Waals surface area contributed by atoms with E-state index in [2.05, 4.69) is 10.5 Å². The number of thiophene rings is 1. The van der Waals surface area contributed by atoms with E-state index in [0.29, 0.717) is 21.1 Å². The minimum absolute atomic E-state index is 0.0295. The lowest BCUT2D eigenvalue weighted by Crippen LogP contribution is -2.24. The standard InChI is InChI=1S/C25H20ClFN4O2S2/c26-18-10-6-11-19(27)17(18)13-28-30-21(32)14-34-25-29-23-22(16-9-4-5-12-20(16)35-23)24(33)31(25)15-7-2-1-3-8-15/h1-3,6-8,10-11,13H,4-5,9,12,14H2,(H,30,32)/b28-13+. The van der Waals surface area contributed by atoms with E-state index in [1.807, 2.05) is 30.3 Å². The fourth-order valence-electron chi connectivity index (χ4n) is 4.05. The van der Waals surface area contributed by atoms with Crippen LogP contribution in [0.1, 0.15) is 28.8 Å². The molecule has 0 saturated carbocycles. The molecule has 0 aliphatic heterocycles. The normalized spacial score (nSPS) is 13.3. The van der Waals surface area contributed by atoms with Gasteiger partial charge in [-0.25, -0.2) is 14.8 Å². The first-order valence-corrected chi connectivity index (χ1v) is 13.2. The van der Waals surface area contributed by atoms with Crippen LogP contribution in [0, 0.1) is 5.82 Å². The first-order chi connectivity index (χ1) is 17.0. The number of thioether (sulfide) groups is 1. The summed E-state index contributed by atoms with van der Waals surface area (Å²) in [6.07, 6.45) is 5.21. The number of hydrogen-bond donors (Lipinski definition) is 1. The van der Waals surface area contributed by atoms with Gasteiger partial charge in [0.1, 0.15) is 10.6 Å². The Morgan fingerprint density at radius 2 is 2.00 bits per heavy atom. The van der Waals surface area contributed by atoms with Gasteiger partial charge >= 0.3 is 0 Å². The SMILES string of the molecule is O=C(CSc1nc2sc3c(c2c(=O)n1-c1ccccc1)CCCC3)N/N=C/c1c(F)cccc1Cl. The lowest BCUT2D eigenvalue weighted by Gasteiger charge is -2.13. The minimum atomic E-state index is -0.534. The second kappa shape index (κ2) is 10.3. The Labute approximate surface area is 213 Å². The zero-order valence-corrected chi connectivity index (χ0v) is 20.9. The van der Waals surface area contributed by atoms with Crippen LogP contribution >= 0.6 is 34.7 Å². The lowest BCUT2D eigenvalue weighted by atomic mass is 9.97. The zero-order valence-electron chi connectivity index (χ0n) is 18.5. The van der Waals surface area contributed by atoms with Gasteiger partial charge < -0.3 is 0 Å². The van der Waals surface area contributed by atoms with Gasteiger partial charge in [-0.15, -0.1) is 11.3 Å². The highest BCUT2D eigenvalue weighted by molar-refractivity contribution is 7.99. The molecule has 0 atom stereocenters. The number of hydrazone groups is 1. The molecular weight excluding hydrogens is 507 g/mol. The molecule has 178 valence electrons. The average Bonchev–Trinajstić information content (AvgIpc) is 3.24. The Kier molecular flexibility index (Phi) is 6.99. The Morgan fingerprint density at radius 1 is 1.20 bits per heavy atom. The van der Waals surface area contributed by atoms with E-state index in [4.69, 9.17) is 16.6 Å². The summed E-state index contributed by atoms with van der Waals surface area (Å²) in [5.41, 5.74) is 4.17. The van der Waals surface area contributed by atoms with Crippen LogP contribution < -0.4 is 11.0 Å². The van der Waals surface area contributed by atoms with Crippen LogP contribution in [0.4, 0.5) is 4.39 Å². The molecule has 35 heavy (non-hydrogen) atoms. The maximum Gasteiger partial charge on any atom is 0.267 e. The maximum absolute atomic E-state index is 13.9. The highest BCUT2D eigenvalue weighted by Gasteiger charge is 2.23. The molecule has 1 N–H and O–H groups in total. The summed E-state index contributed by atoms with van der Waals surface area (Å²) in [5, 5.41) is 5.14. The summed E-state index contributed by atoms with van der Waals surface area (Å²) in [7, 11) is 0. The molecule has 0 saturated heterocycles. The number of nitrogens with zero attached hydrogens (tertiary/aromatic N) is 3. The Morgan fingerprint density at radius 3 is 2.80 bits per heavy atom. The van der Waals surface area contributed by atoms with Crippen molar-refractivity contribution in [2.24, 2.45) is 5.10 Å². The number of rotatable bonds is 6. The fourth-order valence-corrected chi connectivity index (χ4v) is 6.37. The highest BCUT2D eigenvalue weighted by Crippen LogP contribution is 2.35. The van der Waals surface area contributed by atoms with E-state index >= 15 is 0 Å². The van der Waals surface area contributed by atoms with E-state index in [9.17, 15) is 14.0 Å². The molecule has 0 spiro atoms. The summed E-state index contributed by atoms with van der Waals surface area (Å²) in [6, 6.07) is 13.6. The van der Waals surface area contributed by atoms with E-state index in [0.717, 1.165) is 43.0 Å². The van der Waals surface area contributed by atoms with Crippen LogP contribution in [-0.2, 0) is 17.6 Å². The Bertz CT molecular complexity index is 1480. The first kappa shape index (κ1) is 23.7. The van der Waals surface area contributed by atoms with Crippen LogP contribution in [0.3, 0.4) is 0 Å². The Hall–Kier alpha value is -3.01. The van der Waals surface area contributed by atoms with Crippen molar-refractivity contribution in [3.8, 4) is 5.69 Å². The van der Waals surface area contributed by atoms with Gasteiger partial charge in [-0.3, -0.25) is 14.2 Å².